The highest BCUT2D eigenvalue weighted by Crippen LogP contribution is 2.28. The van der Waals surface area contributed by atoms with Crippen LogP contribution in [-0.2, 0) is 16.1 Å². The van der Waals surface area contributed by atoms with Gasteiger partial charge < -0.3 is 14.6 Å². The fourth-order valence-corrected chi connectivity index (χ4v) is 2.68. The Labute approximate surface area is 126 Å². The molecular weight excluding hydrogens is 290 g/mol. The fourth-order valence-electron chi connectivity index (χ4n) is 1.76. The van der Waals surface area contributed by atoms with Crippen LogP contribution in [0.2, 0.25) is 0 Å². The van der Waals surface area contributed by atoms with Gasteiger partial charge in [-0.15, -0.1) is 11.3 Å². The van der Waals surface area contributed by atoms with E-state index < -0.39 is 5.97 Å². The number of benzene rings is 1. The first-order chi connectivity index (χ1) is 10.2. The van der Waals surface area contributed by atoms with Gasteiger partial charge in [0.1, 0.15) is 17.9 Å². The van der Waals surface area contributed by atoms with Crippen LogP contribution < -0.4 is 4.74 Å². The van der Waals surface area contributed by atoms with Crippen LogP contribution in [0.5, 0.6) is 5.75 Å². The summed E-state index contributed by atoms with van der Waals surface area (Å²) in [7, 11) is 1.26. The number of carbonyl (C=O) groups is 1. The summed E-state index contributed by atoms with van der Waals surface area (Å²) in [6.07, 6.45) is 0.741. The van der Waals surface area contributed by atoms with Gasteiger partial charge in [0.25, 0.3) is 0 Å². The number of aryl methyl sites for hydroxylation is 1. The minimum absolute atomic E-state index is 0.0785. The third-order valence-corrected chi connectivity index (χ3v) is 3.75. The van der Waals surface area contributed by atoms with Gasteiger partial charge in [-0.3, -0.25) is 0 Å². The Balaban J connectivity index is 2.22. The normalized spacial score (nSPS) is 11.2. The van der Waals surface area contributed by atoms with Crippen molar-refractivity contribution in [3.63, 3.8) is 0 Å². The Morgan fingerprint density at radius 1 is 1.38 bits per heavy atom. The molecule has 0 aliphatic rings. The number of carbonyl (C=O) groups excluding carboxylic acids is 1. The van der Waals surface area contributed by atoms with Crippen molar-refractivity contribution in [2.24, 2.45) is 0 Å². The zero-order chi connectivity index (χ0) is 15.2. The van der Waals surface area contributed by atoms with Gasteiger partial charge >= 0.3 is 5.97 Å². The predicted octanol–water partition coefficient (Wildman–Crippen LogP) is 3.10. The van der Waals surface area contributed by atoms with Crippen LogP contribution in [0.1, 0.15) is 15.6 Å². The standard InChI is InChI=1S/C15H15NO4S/c1-10-16-13(9-20-11-6-4-3-5-7-11)14(21-10)12(8-17)15(18)19-2/h3-8,17H,9H2,1-2H3/b12-8+. The summed E-state index contributed by atoms with van der Waals surface area (Å²) in [6.45, 7) is 2.03. The van der Waals surface area contributed by atoms with E-state index >= 15 is 0 Å². The molecule has 110 valence electrons. The Morgan fingerprint density at radius 2 is 2.10 bits per heavy atom. The van der Waals surface area contributed by atoms with Crippen molar-refractivity contribution in [3.8, 4) is 5.75 Å². The van der Waals surface area contributed by atoms with Gasteiger partial charge in [-0.1, -0.05) is 18.2 Å². The Morgan fingerprint density at radius 3 is 2.71 bits per heavy atom. The first-order valence-corrected chi connectivity index (χ1v) is 7.04. The maximum Gasteiger partial charge on any atom is 0.342 e. The molecule has 0 aliphatic carbocycles. The van der Waals surface area contributed by atoms with Crippen LogP contribution in [-0.4, -0.2) is 23.2 Å². The van der Waals surface area contributed by atoms with Crippen LogP contribution >= 0.6 is 11.3 Å². The molecule has 0 saturated carbocycles. The van der Waals surface area contributed by atoms with Gasteiger partial charge in [0.05, 0.1) is 29.0 Å². The number of nitrogens with zero attached hydrogens (tertiary/aromatic N) is 1. The van der Waals surface area contributed by atoms with Crippen molar-refractivity contribution in [1.82, 2.24) is 4.98 Å². The quantitative estimate of drug-likeness (QED) is 0.522. The highest BCUT2D eigenvalue weighted by molar-refractivity contribution is 7.13. The number of aliphatic hydroxyl groups is 1. The molecule has 21 heavy (non-hydrogen) atoms. The molecule has 0 radical (unpaired) electrons. The average Bonchev–Trinajstić information content (AvgIpc) is 2.87. The molecule has 0 aliphatic heterocycles. The summed E-state index contributed by atoms with van der Waals surface area (Å²) >= 11 is 1.31. The molecule has 0 atom stereocenters. The topological polar surface area (TPSA) is 68.7 Å². The van der Waals surface area contributed by atoms with E-state index in [0.717, 1.165) is 11.3 Å². The number of thiazole rings is 1. The first-order valence-electron chi connectivity index (χ1n) is 6.23. The smallest absolute Gasteiger partial charge is 0.342 e. The monoisotopic (exact) mass is 305 g/mol. The molecule has 1 aromatic heterocycles. The lowest BCUT2D eigenvalue weighted by molar-refractivity contribution is -0.133. The number of esters is 1. The minimum atomic E-state index is -0.609. The van der Waals surface area contributed by atoms with E-state index in [1.165, 1.54) is 18.4 Å². The molecule has 6 heteroatoms. The molecule has 1 heterocycles. The van der Waals surface area contributed by atoms with E-state index in [4.69, 9.17) is 4.74 Å². The number of hydrogen-bond acceptors (Lipinski definition) is 6. The maximum atomic E-state index is 11.7. The number of hydrogen-bond donors (Lipinski definition) is 1. The van der Waals surface area contributed by atoms with Crippen LogP contribution in [0, 0.1) is 6.92 Å². The van der Waals surface area contributed by atoms with E-state index in [9.17, 15) is 9.90 Å². The lowest BCUT2D eigenvalue weighted by atomic mass is 10.2. The fraction of sp³-hybridized carbons (Fsp3) is 0.200. The van der Waals surface area contributed by atoms with Crippen molar-refractivity contribution in [2.45, 2.75) is 13.5 Å². The van der Waals surface area contributed by atoms with Crippen LogP contribution in [0.3, 0.4) is 0 Å². The summed E-state index contributed by atoms with van der Waals surface area (Å²) in [6, 6.07) is 9.31. The molecule has 0 spiro atoms. The summed E-state index contributed by atoms with van der Waals surface area (Å²) in [4.78, 5) is 16.6. The van der Waals surface area contributed by atoms with Crippen molar-refractivity contribution in [1.29, 1.82) is 0 Å². The van der Waals surface area contributed by atoms with Crippen LogP contribution in [0.4, 0.5) is 0 Å². The number of aromatic nitrogens is 1. The maximum absolute atomic E-state index is 11.7. The van der Waals surface area contributed by atoms with Crippen molar-refractivity contribution < 1.29 is 19.4 Å². The number of methoxy groups -OCH3 is 1. The number of rotatable bonds is 5. The molecule has 2 aromatic rings. The van der Waals surface area contributed by atoms with E-state index in [-0.39, 0.29) is 12.2 Å². The summed E-state index contributed by atoms with van der Waals surface area (Å²) in [5.74, 6) is 0.101. The minimum Gasteiger partial charge on any atom is -0.515 e. The highest BCUT2D eigenvalue weighted by Gasteiger charge is 2.21. The van der Waals surface area contributed by atoms with Crippen molar-refractivity contribution >= 4 is 22.9 Å². The number of para-hydroxylation sites is 1. The van der Waals surface area contributed by atoms with Gasteiger partial charge in [0, 0.05) is 0 Å². The van der Waals surface area contributed by atoms with E-state index in [1.54, 1.807) is 0 Å². The molecule has 0 fully saturated rings. The molecule has 1 aromatic carbocycles. The van der Waals surface area contributed by atoms with Gasteiger partial charge in [0.15, 0.2) is 0 Å². The summed E-state index contributed by atoms with van der Waals surface area (Å²) in [5.41, 5.74) is 0.668. The highest BCUT2D eigenvalue weighted by atomic mass is 32.1. The van der Waals surface area contributed by atoms with Crippen LogP contribution in [0.15, 0.2) is 36.6 Å². The molecule has 5 nitrogen and oxygen atoms in total. The van der Waals surface area contributed by atoms with Crippen molar-refractivity contribution in [2.75, 3.05) is 7.11 Å². The number of aliphatic hydroxyl groups excluding tert-OH is 1. The lowest BCUT2D eigenvalue weighted by Crippen LogP contribution is -2.06. The van der Waals surface area contributed by atoms with Crippen molar-refractivity contribution in [3.05, 3.63) is 52.2 Å². The predicted molar refractivity (Wildman–Crippen MR) is 80.2 cm³/mol. The third kappa shape index (κ3) is 3.61. The van der Waals surface area contributed by atoms with E-state index in [2.05, 4.69) is 9.72 Å². The second-order valence-electron chi connectivity index (χ2n) is 4.14. The second-order valence-corrected chi connectivity index (χ2v) is 5.35. The summed E-state index contributed by atoms with van der Waals surface area (Å²) < 4.78 is 10.3. The van der Waals surface area contributed by atoms with Gasteiger partial charge in [-0.2, -0.15) is 0 Å². The second kappa shape index (κ2) is 6.90. The molecule has 1 N–H and O–H groups in total. The Kier molecular flexibility index (Phi) is 4.94. The SMILES string of the molecule is COC(=O)/C(=C/O)c1sc(C)nc1COc1ccccc1. The van der Waals surface area contributed by atoms with Gasteiger partial charge in [-0.05, 0) is 19.1 Å². The van der Waals surface area contributed by atoms with E-state index in [0.29, 0.717) is 16.3 Å². The summed E-state index contributed by atoms with van der Waals surface area (Å²) in [5, 5.41) is 10.1. The zero-order valence-corrected chi connectivity index (χ0v) is 12.5. The van der Waals surface area contributed by atoms with Gasteiger partial charge in [0.2, 0.25) is 0 Å². The zero-order valence-electron chi connectivity index (χ0n) is 11.7. The molecule has 0 saturated heterocycles. The number of ether oxygens (including phenoxy) is 2. The molecule has 0 unspecified atom stereocenters. The molecule has 0 bridgehead atoms. The molecular formula is C15H15NO4S. The van der Waals surface area contributed by atoms with Gasteiger partial charge in [-0.25, -0.2) is 9.78 Å². The first kappa shape index (κ1) is 15.1. The largest absolute Gasteiger partial charge is 0.515 e. The lowest BCUT2D eigenvalue weighted by Gasteiger charge is -2.07. The third-order valence-electron chi connectivity index (χ3n) is 2.70. The molecule has 2 rings (SSSR count). The van der Waals surface area contributed by atoms with E-state index in [1.807, 2.05) is 37.3 Å². The Hall–Kier alpha value is -2.34. The molecule has 0 amide bonds. The van der Waals surface area contributed by atoms with Crippen LogP contribution in [0.25, 0.3) is 5.57 Å². The Bertz CT molecular complexity index is 649. The average molecular weight is 305 g/mol.